The Morgan fingerprint density at radius 2 is 2.00 bits per heavy atom. The fourth-order valence-corrected chi connectivity index (χ4v) is 3.18. The van der Waals surface area contributed by atoms with E-state index < -0.39 is 0 Å². The van der Waals surface area contributed by atoms with Gasteiger partial charge in [-0.1, -0.05) is 6.07 Å². The molecule has 118 valence electrons. The number of benzene rings is 1. The number of hydrogen-bond donors (Lipinski definition) is 1. The quantitative estimate of drug-likeness (QED) is 0.862. The zero-order valence-corrected chi connectivity index (χ0v) is 13.7. The van der Waals surface area contributed by atoms with Crippen molar-refractivity contribution < 1.29 is 4.42 Å². The smallest absolute Gasteiger partial charge is 0.200 e. The van der Waals surface area contributed by atoms with E-state index in [4.69, 9.17) is 21.8 Å². The zero-order valence-electron chi connectivity index (χ0n) is 12.9. The summed E-state index contributed by atoms with van der Waals surface area (Å²) in [6, 6.07) is 5.25. The fraction of sp³-hybridized carbons (Fsp3) is 0.471. The standard InChI is InChI=1S/C17H21ClN2O2/c1-10-7-13(11(2)19)17-14(8-10)15(21)9-16(22-17)20-5-3-12(18)4-6-20/h7-9,11-12H,3-6,19H2,1-2H3. The van der Waals surface area contributed by atoms with E-state index in [1.165, 1.54) is 0 Å². The molecular weight excluding hydrogens is 300 g/mol. The molecule has 4 nitrogen and oxygen atoms in total. The molecule has 1 fully saturated rings. The molecule has 1 aliphatic rings. The number of halogens is 1. The summed E-state index contributed by atoms with van der Waals surface area (Å²) in [5.41, 5.74) is 8.53. The Morgan fingerprint density at radius 1 is 1.32 bits per heavy atom. The number of piperidine rings is 1. The molecule has 1 atom stereocenters. The van der Waals surface area contributed by atoms with Crippen molar-refractivity contribution in [1.82, 2.24) is 0 Å². The molecule has 0 bridgehead atoms. The third kappa shape index (κ3) is 2.85. The minimum Gasteiger partial charge on any atom is -0.440 e. The molecule has 2 aromatic rings. The lowest BCUT2D eigenvalue weighted by Crippen LogP contribution is -2.34. The Kier molecular flexibility index (Phi) is 4.15. The molecule has 1 saturated heterocycles. The van der Waals surface area contributed by atoms with E-state index in [1.807, 2.05) is 26.0 Å². The monoisotopic (exact) mass is 320 g/mol. The lowest BCUT2D eigenvalue weighted by molar-refractivity contribution is 0.513. The maximum Gasteiger partial charge on any atom is 0.200 e. The third-order valence-corrected chi connectivity index (χ3v) is 4.65. The number of rotatable bonds is 2. The summed E-state index contributed by atoms with van der Waals surface area (Å²) in [5, 5.41) is 0.814. The number of nitrogens with zero attached hydrogens (tertiary/aromatic N) is 1. The summed E-state index contributed by atoms with van der Waals surface area (Å²) in [7, 11) is 0. The zero-order chi connectivity index (χ0) is 15.9. The molecule has 2 heterocycles. The summed E-state index contributed by atoms with van der Waals surface area (Å²) in [6.07, 6.45) is 1.80. The average Bonchev–Trinajstić information content (AvgIpc) is 2.47. The molecule has 1 aliphatic heterocycles. The molecule has 0 spiro atoms. The van der Waals surface area contributed by atoms with E-state index in [0.29, 0.717) is 16.9 Å². The van der Waals surface area contributed by atoms with Crippen molar-refractivity contribution in [2.24, 2.45) is 5.73 Å². The van der Waals surface area contributed by atoms with Gasteiger partial charge in [-0.05, 0) is 38.3 Å². The van der Waals surface area contributed by atoms with Gasteiger partial charge in [-0.25, -0.2) is 0 Å². The largest absolute Gasteiger partial charge is 0.440 e. The normalized spacial score (nSPS) is 17.9. The van der Waals surface area contributed by atoms with Gasteiger partial charge < -0.3 is 15.1 Å². The van der Waals surface area contributed by atoms with Crippen molar-refractivity contribution in [2.75, 3.05) is 18.0 Å². The third-order valence-electron chi connectivity index (χ3n) is 4.22. The van der Waals surface area contributed by atoms with E-state index in [2.05, 4.69) is 4.90 Å². The minimum atomic E-state index is -0.186. The van der Waals surface area contributed by atoms with E-state index >= 15 is 0 Å². The summed E-state index contributed by atoms with van der Waals surface area (Å²) < 4.78 is 6.07. The molecule has 0 amide bonds. The average molecular weight is 321 g/mol. The first-order valence-corrected chi connectivity index (χ1v) is 8.12. The van der Waals surface area contributed by atoms with Crippen LogP contribution in [-0.4, -0.2) is 18.5 Å². The highest BCUT2D eigenvalue weighted by molar-refractivity contribution is 6.20. The van der Waals surface area contributed by atoms with Gasteiger partial charge in [0.25, 0.3) is 0 Å². The van der Waals surface area contributed by atoms with Crippen molar-refractivity contribution in [3.63, 3.8) is 0 Å². The number of alkyl halides is 1. The van der Waals surface area contributed by atoms with E-state index in [0.717, 1.165) is 37.1 Å². The second kappa shape index (κ2) is 5.94. The minimum absolute atomic E-state index is 0.0187. The maximum atomic E-state index is 12.5. The Bertz CT molecular complexity index is 746. The van der Waals surface area contributed by atoms with Crippen molar-refractivity contribution in [2.45, 2.75) is 38.1 Å². The number of hydrogen-bond acceptors (Lipinski definition) is 4. The van der Waals surface area contributed by atoms with Gasteiger partial charge in [0, 0.05) is 36.1 Å². The molecule has 1 aromatic carbocycles. The van der Waals surface area contributed by atoms with E-state index in [-0.39, 0.29) is 16.8 Å². The van der Waals surface area contributed by atoms with Crippen LogP contribution in [0.25, 0.3) is 11.0 Å². The first-order chi connectivity index (χ1) is 10.5. The van der Waals surface area contributed by atoms with Crippen LogP contribution >= 0.6 is 11.6 Å². The lowest BCUT2D eigenvalue weighted by atomic mass is 10.0. The highest BCUT2D eigenvalue weighted by atomic mass is 35.5. The maximum absolute atomic E-state index is 12.5. The summed E-state index contributed by atoms with van der Waals surface area (Å²) in [6.45, 7) is 5.48. The van der Waals surface area contributed by atoms with Crippen molar-refractivity contribution >= 4 is 28.5 Å². The molecule has 3 rings (SSSR count). The Morgan fingerprint density at radius 3 is 2.64 bits per heavy atom. The summed E-state index contributed by atoms with van der Waals surface area (Å²) >= 11 is 6.14. The van der Waals surface area contributed by atoms with Gasteiger partial charge in [-0.3, -0.25) is 4.79 Å². The predicted octanol–water partition coefficient (Wildman–Crippen LogP) is 3.33. The number of aryl methyl sites for hydroxylation is 1. The first kappa shape index (κ1) is 15.4. The molecule has 1 aromatic heterocycles. The highest BCUT2D eigenvalue weighted by Crippen LogP contribution is 2.28. The fourth-order valence-electron chi connectivity index (χ4n) is 2.98. The predicted molar refractivity (Wildman–Crippen MR) is 90.9 cm³/mol. The highest BCUT2D eigenvalue weighted by Gasteiger charge is 2.21. The molecule has 0 saturated carbocycles. The summed E-state index contributed by atoms with van der Waals surface area (Å²) in [4.78, 5) is 14.6. The molecule has 0 radical (unpaired) electrons. The van der Waals surface area contributed by atoms with Crippen LogP contribution < -0.4 is 16.1 Å². The van der Waals surface area contributed by atoms with Crippen LogP contribution in [0.15, 0.2) is 27.4 Å². The van der Waals surface area contributed by atoms with Gasteiger partial charge in [0.2, 0.25) is 0 Å². The molecule has 22 heavy (non-hydrogen) atoms. The lowest BCUT2D eigenvalue weighted by Gasteiger charge is -2.29. The molecular formula is C17H21ClN2O2. The van der Waals surface area contributed by atoms with Gasteiger partial charge in [-0.2, -0.15) is 0 Å². The van der Waals surface area contributed by atoms with Crippen LogP contribution in [0.5, 0.6) is 0 Å². The van der Waals surface area contributed by atoms with Gasteiger partial charge in [0.15, 0.2) is 11.3 Å². The van der Waals surface area contributed by atoms with Crippen LogP contribution in [0.3, 0.4) is 0 Å². The van der Waals surface area contributed by atoms with Gasteiger partial charge >= 0.3 is 0 Å². The van der Waals surface area contributed by atoms with Crippen LogP contribution in [0.4, 0.5) is 5.88 Å². The number of fused-ring (bicyclic) bond motifs is 1. The van der Waals surface area contributed by atoms with Crippen LogP contribution in [-0.2, 0) is 0 Å². The SMILES string of the molecule is Cc1cc(C(C)N)c2oc(N3CCC(Cl)CC3)cc(=O)c2c1. The van der Waals surface area contributed by atoms with Crippen LogP contribution in [0.2, 0.25) is 0 Å². The molecule has 0 aliphatic carbocycles. The Labute approximate surface area is 134 Å². The molecule has 1 unspecified atom stereocenters. The number of anilines is 1. The van der Waals surface area contributed by atoms with E-state index in [9.17, 15) is 4.79 Å². The van der Waals surface area contributed by atoms with Crippen LogP contribution in [0.1, 0.15) is 36.9 Å². The molecule has 2 N–H and O–H groups in total. The van der Waals surface area contributed by atoms with Crippen LogP contribution in [0, 0.1) is 6.92 Å². The molecule has 5 heteroatoms. The van der Waals surface area contributed by atoms with Crippen molar-refractivity contribution in [3.05, 3.63) is 39.5 Å². The van der Waals surface area contributed by atoms with Gasteiger partial charge in [0.05, 0.1) is 5.39 Å². The van der Waals surface area contributed by atoms with Crippen molar-refractivity contribution in [3.8, 4) is 0 Å². The van der Waals surface area contributed by atoms with Crippen molar-refractivity contribution in [1.29, 1.82) is 0 Å². The number of nitrogens with two attached hydrogens (primary N) is 1. The summed E-state index contributed by atoms with van der Waals surface area (Å²) in [5.74, 6) is 0.617. The second-order valence-electron chi connectivity index (χ2n) is 6.13. The van der Waals surface area contributed by atoms with Gasteiger partial charge in [-0.15, -0.1) is 11.6 Å². The van der Waals surface area contributed by atoms with E-state index in [1.54, 1.807) is 6.07 Å². The first-order valence-electron chi connectivity index (χ1n) is 7.68. The second-order valence-corrected chi connectivity index (χ2v) is 6.75. The topological polar surface area (TPSA) is 59.5 Å². The Hall–Kier alpha value is -1.52. The van der Waals surface area contributed by atoms with Gasteiger partial charge in [0.1, 0.15) is 5.58 Å². The Balaban J connectivity index is 2.13.